The summed E-state index contributed by atoms with van der Waals surface area (Å²) in [4.78, 5) is 15.1. The van der Waals surface area contributed by atoms with Crippen LogP contribution in [-0.4, -0.2) is 33.3 Å². The fourth-order valence-corrected chi connectivity index (χ4v) is 4.03. The number of thiophene rings is 1. The lowest BCUT2D eigenvalue weighted by Crippen LogP contribution is -2.26. The minimum atomic E-state index is -3.43. The molecule has 2 rings (SSSR count). The van der Waals surface area contributed by atoms with Crippen LogP contribution in [0.1, 0.15) is 16.9 Å². The Balaban J connectivity index is 1.89. The number of halogens is 1. The Labute approximate surface area is 151 Å². The number of carbonyl (C=O) groups is 1. The van der Waals surface area contributed by atoms with Gasteiger partial charge in [0.2, 0.25) is 15.9 Å². The van der Waals surface area contributed by atoms with Gasteiger partial charge in [0.1, 0.15) is 0 Å². The van der Waals surface area contributed by atoms with Crippen LogP contribution in [0.2, 0.25) is 4.34 Å². The Morgan fingerprint density at radius 3 is 2.42 bits per heavy atom. The lowest BCUT2D eigenvalue weighted by molar-refractivity contribution is -0.130. The van der Waals surface area contributed by atoms with E-state index in [0.717, 1.165) is 10.4 Å². The van der Waals surface area contributed by atoms with Gasteiger partial charge in [-0.3, -0.25) is 4.79 Å². The third-order valence-electron chi connectivity index (χ3n) is 3.58. The molecule has 0 saturated heterocycles. The molecule has 5 nitrogen and oxygen atoms in total. The van der Waals surface area contributed by atoms with E-state index in [1.165, 1.54) is 18.4 Å². The number of aryl methyl sites for hydroxylation is 1. The van der Waals surface area contributed by atoms with Crippen molar-refractivity contribution in [3.05, 3.63) is 51.2 Å². The molecule has 0 aliphatic heterocycles. The number of hydrogen-bond acceptors (Lipinski definition) is 4. The third kappa shape index (κ3) is 5.04. The van der Waals surface area contributed by atoms with Crippen LogP contribution < -0.4 is 4.72 Å². The van der Waals surface area contributed by atoms with Crippen molar-refractivity contribution in [2.75, 3.05) is 14.1 Å². The molecule has 2 aromatic rings. The smallest absolute Gasteiger partial charge is 0.240 e. The van der Waals surface area contributed by atoms with Crippen LogP contribution in [0.4, 0.5) is 0 Å². The van der Waals surface area contributed by atoms with E-state index in [1.54, 1.807) is 36.2 Å². The first-order valence-corrected chi connectivity index (χ1v) is 10.0. The number of amides is 1. The quantitative estimate of drug-likeness (QED) is 0.795. The molecule has 1 heterocycles. The number of sulfonamides is 1. The second kappa shape index (κ2) is 8.11. The zero-order chi connectivity index (χ0) is 17.7. The topological polar surface area (TPSA) is 66.5 Å². The summed E-state index contributed by atoms with van der Waals surface area (Å²) < 4.78 is 26.3. The summed E-state index contributed by atoms with van der Waals surface area (Å²) in [6.45, 7) is 0.537. The van der Waals surface area contributed by atoms with Crippen molar-refractivity contribution in [3.63, 3.8) is 0 Å². The van der Waals surface area contributed by atoms with Crippen molar-refractivity contribution in [1.29, 1.82) is 0 Å². The van der Waals surface area contributed by atoms with Crippen molar-refractivity contribution >= 4 is 38.9 Å². The van der Waals surface area contributed by atoms with Gasteiger partial charge in [-0.15, -0.1) is 11.3 Å². The number of benzene rings is 1. The summed E-state index contributed by atoms with van der Waals surface area (Å²) in [7, 11) is -0.291. The largest absolute Gasteiger partial charge is 0.341 e. The molecule has 1 N–H and O–H groups in total. The minimum absolute atomic E-state index is 0.0337. The van der Waals surface area contributed by atoms with E-state index in [4.69, 9.17) is 11.6 Å². The van der Waals surface area contributed by atoms with Crippen molar-refractivity contribution in [2.24, 2.45) is 0 Å². The van der Waals surface area contributed by atoms with Crippen molar-refractivity contribution < 1.29 is 13.2 Å². The molecule has 130 valence electrons. The molecule has 24 heavy (non-hydrogen) atoms. The molecule has 1 amide bonds. The van der Waals surface area contributed by atoms with Crippen LogP contribution in [0.15, 0.2) is 41.3 Å². The van der Waals surface area contributed by atoms with Crippen LogP contribution in [-0.2, 0) is 27.8 Å². The monoisotopic (exact) mass is 386 g/mol. The lowest BCUT2D eigenvalue weighted by Gasteiger charge is -2.16. The molecule has 0 aliphatic carbocycles. The van der Waals surface area contributed by atoms with E-state index < -0.39 is 10.0 Å². The number of nitrogens with one attached hydrogen (secondary N) is 1. The first-order chi connectivity index (χ1) is 11.3. The Morgan fingerprint density at radius 1 is 1.21 bits per heavy atom. The second-order valence-corrected chi connectivity index (χ2v) is 8.99. The van der Waals surface area contributed by atoms with Crippen molar-refractivity contribution in [1.82, 2.24) is 9.62 Å². The Kier molecular flexibility index (Phi) is 6.40. The van der Waals surface area contributed by atoms with Gasteiger partial charge in [-0.2, -0.15) is 0 Å². The van der Waals surface area contributed by atoms with Gasteiger partial charge in [-0.25, -0.2) is 13.1 Å². The fourth-order valence-electron chi connectivity index (χ4n) is 2.15. The number of hydrogen-bond donors (Lipinski definition) is 1. The Morgan fingerprint density at radius 2 is 1.88 bits per heavy atom. The molecule has 0 unspecified atom stereocenters. The predicted octanol–water partition coefficient (Wildman–Crippen LogP) is 2.90. The highest BCUT2D eigenvalue weighted by molar-refractivity contribution is 7.89. The van der Waals surface area contributed by atoms with Gasteiger partial charge in [-0.1, -0.05) is 23.7 Å². The van der Waals surface area contributed by atoms with Crippen LogP contribution in [0, 0.1) is 0 Å². The predicted molar refractivity (Wildman–Crippen MR) is 96.8 cm³/mol. The highest BCUT2D eigenvalue weighted by atomic mass is 35.5. The number of carbonyl (C=O) groups excluding carboxylic acids is 1. The first-order valence-electron chi connectivity index (χ1n) is 7.32. The van der Waals surface area contributed by atoms with E-state index in [0.29, 0.717) is 23.7 Å². The molecule has 0 spiro atoms. The average Bonchev–Trinajstić information content (AvgIpc) is 2.97. The maximum atomic E-state index is 12.2. The van der Waals surface area contributed by atoms with Gasteiger partial charge >= 0.3 is 0 Å². The molecule has 0 fully saturated rings. The normalized spacial score (nSPS) is 11.5. The second-order valence-electron chi connectivity index (χ2n) is 5.31. The molecule has 0 radical (unpaired) electrons. The zero-order valence-corrected chi connectivity index (χ0v) is 15.8. The molecule has 1 aromatic heterocycles. The van der Waals surface area contributed by atoms with E-state index in [2.05, 4.69) is 4.72 Å². The molecule has 1 aromatic carbocycles. The van der Waals surface area contributed by atoms with Crippen LogP contribution in [0.5, 0.6) is 0 Å². The van der Waals surface area contributed by atoms with Crippen molar-refractivity contribution in [2.45, 2.75) is 24.3 Å². The van der Waals surface area contributed by atoms with Gasteiger partial charge in [-0.05, 0) is 43.3 Å². The molecule has 0 saturated carbocycles. The van der Waals surface area contributed by atoms with E-state index in [-0.39, 0.29) is 10.8 Å². The summed E-state index contributed by atoms with van der Waals surface area (Å²) in [5.74, 6) is 0.0337. The summed E-state index contributed by atoms with van der Waals surface area (Å²) >= 11 is 7.35. The summed E-state index contributed by atoms with van der Waals surface area (Å²) in [6, 6.07) is 10.3. The van der Waals surface area contributed by atoms with E-state index >= 15 is 0 Å². The van der Waals surface area contributed by atoms with Crippen molar-refractivity contribution in [3.8, 4) is 0 Å². The highest BCUT2D eigenvalue weighted by Gasteiger charge is 2.13. The third-order valence-corrected chi connectivity index (χ3v) is 6.22. The summed E-state index contributed by atoms with van der Waals surface area (Å²) in [5, 5.41) is 0. The summed E-state index contributed by atoms with van der Waals surface area (Å²) in [6.07, 6.45) is 0.933. The molecule has 8 heteroatoms. The zero-order valence-electron chi connectivity index (χ0n) is 13.5. The molecule has 0 bridgehead atoms. The van der Waals surface area contributed by atoms with E-state index in [9.17, 15) is 13.2 Å². The standard InChI is InChI=1S/C16H19ClN2O3S2/c1-18-24(21,22)14-7-3-12(4-8-14)5-10-16(20)19(2)11-13-6-9-15(17)23-13/h3-4,6-9,18H,5,10-11H2,1-2H3. The average molecular weight is 387 g/mol. The van der Waals surface area contributed by atoms with Gasteiger partial charge < -0.3 is 4.90 Å². The maximum absolute atomic E-state index is 12.2. The SMILES string of the molecule is CNS(=O)(=O)c1ccc(CCC(=O)N(C)Cc2ccc(Cl)s2)cc1. The van der Waals surface area contributed by atoms with Crippen LogP contribution >= 0.6 is 22.9 Å². The Hall–Kier alpha value is -1.41. The van der Waals surface area contributed by atoms with Crippen LogP contribution in [0.25, 0.3) is 0 Å². The molecular formula is C16H19ClN2O3S2. The van der Waals surface area contributed by atoms with Gasteiger partial charge in [0.15, 0.2) is 0 Å². The van der Waals surface area contributed by atoms with Gasteiger partial charge in [0.05, 0.1) is 15.8 Å². The lowest BCUT2D eigenvalue weighted by atomic mass is 10.1. The van der Waals surface area contributed by atoms with Crippen LogP contribution in [0.3, 0.4) is 0 Å². The fraction of sp³-hybridized carbons (Fsp3) is 0.312. The molecular weight excluding hydrogens is 368 g/mol. The summed E-state index contributed by atoms with van der Waals surface area (Å²) in [5.41, 5.74) is 0.922. The number of rotatable bonds is 7. The maximum Gasteiger partial charge on any atom is 0.240 e. The minimum Gasteiger partial charge on any atom is -0.341 e. The van der Waals surface area contributed by atoms with Gasteiger partial charge in [0, 0.05) is 18.3 Å². The first kappa shape index (κ1) is 18.9. The van der Waals surface area contributed by atoms with E-state index in [1.807, 2.05) is 12.1 Å². The highest BCUT2D eigenvalue weighted by Crippen LogP contribution is 2.22. The number of nitrogens with zero attached hydrogens (tertiary/aromatic N) is 1. The van der Waals surface area contributed by atoms with Gasteiger partial charge in [0.25, 0.3) is 0 Å². The molecule has 0 aliphatic rings. The Bertz CT molecular complexity index is 801. The molecule has 0 atom stereocenters.